The molecule has 0 aromatic heterocycles. The van der Waals surface area contributed by atoms with E-state index in [4.69, 9.17) is 0 Å². The minimum absolute atomic E-state index is 0.0167. The van der Waals surface area contributed by atoms with E-state index in [1.165, 1.54) is 11.8 Å². The largest absolute Gasteiger partial charge is 0.481 e. The number of hydrogen-bond acceptors (Lipinski definition) is 5. The van der Waals surface area contributed by atoms with Crippen molar-refractivity contribution >= 4 is 29.5 Å². The van der Waals surface area contributed by atoms with Crippen LogP contribution in [0.3, 0.4) is 0 Å². The van der Waals surface area contributed by atoms with E-state index in [1.54, 1.807) is 15.9 Å². The number of amides is 2. The lowest BCUT2D eigenvalue weighted by Crippen LogP contribution is -2.62. The molecule has 0 aromatic rings. The van der Waals surface area contributed by atoms with Gasteiger partial charge < -0.3 is 20.0 Å². The molecule has 7 atom stereocenters. The summed E-state index contributed by atoms with van der Waals surface area (Å²) in [5, 5.41) is 20.0. The predicted octanol–water partition coefficient (Wildman–Crippen LogP) is 2.24. The van der Waals surface area contributed by atoms with Crippen LogP contribution in [0.5, 0.6) is 0 Å². The summed E-state index contributed by atoms with van der Waals surface area (Å²) in [6.45, 7) is 15.6. The first kappa shape index (κ1) is 24.1. The van der Waals surface area contributed by atoms with Crippen molar-refractivity contribution in [2.45, 2.75) is 75.6 Å². The Balaban J connectivity index is 2.20. The highest BCUT2D eigenvalue weighted by Gasteiger charge is 2.77. The van der Waals surface area contributed by atoms with Crippen LogP contribution >= 0.6 is 11.8 Å². The topological polar surface area (TPSA) is 98.2 Å². The molecule has 3 heterocycles. The molecule has 0 radical (unpaired) electrons. The van der Waals surface area contributed by atoms with Crippen molar-refractivity contribution in [1.82, 2.24) is 9.80 Å². The highest BCUT2D eigenvalue weighted by molar-refractivity contribution is 8.02. The maximum atomic E-state index is 14.2. The summed E-state index contributed by atoms with van der Waals surface area (Å²) in [5.41, 5.74) is -0.502. The van der Waals surface area contributed by atoms with Gasteiger partial charge in [0.15, 0.2) is 0 Å². The normalized spacial score (nSPS) is 35.4. The second-order valence-corrected chi connectivity index (χ2v) is 12.1. The fourth-order valence-corrected chi connectivity index (χ4v) is 8.36. The molecule has 3 unspecified atom stereocenters. The molecular weight excluding hydrogens is 416 g/mol. The fraction of sp³-hybridized carbons (Fsp3) is 0.783. The number of fused-ring (bicyclic) bond motifs is 1. The molecule has 3 saturated heterocycles. The lowest BCUT2D eigenvalue weighted by atomic mass is 9.66. The Morgan fingerprint density at radius 3 is 2.45 bits per heavy atom. The molecule has 31 heavy (non-hydrogen) atoms. The predicted molar refractivity (Wildman–Crippen MR) is 121 cm³/mol. The Morgan fingerprint density at radius 1 is 1.39 bits per heavy atom. The second kappa shape index (κ2) is 8.10. The molecule has 2 bridgehead atoms. The summed E-state index contributed by atoms with van der Waals surface area (Å²) in [6, 6.07) is -1.36. The maximum Gasteiger partial charge on any atom is 0.308 e. The summed E-state index contributed by atoms with van der Waals surface area (Å²) >= 11 is 1.53. The van der Waals surface area contributed by atoms with E-state index in [9.17, 15) is 24.6 Å². The minimum Gasteiger partial charge on any atom is -0.481 e. The molecule has 2 N–H and O–H groups in total. The van der Waals surface area contributed by atoms with Gasteiger partial charge in [0, 0.05) is 17.3 Å². The van der Waals surface area contributed by atoms with Crippen LogP contribution in [-0.4, -0.2) is 78.6 Å². The van der Waals surface area contributed by atoms with Crippen molar-refractivity contribution in [3.05, 3.63) is 12.7 Å². The third-order valence-corrected chi connectivity index (χ3v) is 9.48. The van der Waals surface area contributed by atoms with E-state index in [1.807, 2.05) is 41.5 Å². The smallest absolute Gasteiger partial charge is 0.308 e. The molecule has 3 aliphatic rings. The number of aliphatic hydroxyl groups is 1. The van der Waals surface area contributed by atoms with Crippen molar-refractivity contribution < 1.29 is 24.6 Å². The zero-order valence-electron chi connectivity index (χ0n) is 19.4. The molecule has 3 fully saturated rings. The van der Waals surface area contributed by atoms with Crippen LogP contribution < -0.4 is 0 Å². The molecular formula is C23H36N2O5S. The molecule has 174 valence electrons. The van der Waals surface area contributed by atoms with Crippen molar-refractivity contribution in [1.29, 1.82) is 0 Å². The molecule has 0 saturated carbocycles. The quantitative estimate of drug-likeness (QED) is 0.575. The number of nitrogens with zero attached hydrogens (tertiary/aromatic N) is 2. The van der Waals surface area contributed by atoms with Crippen LogP contribution in [0.2, 0.25) is 0 Å². The number of likely N-dealkylation sites (tertiary alicyclic amines) is 1. The lowest BCUT2D eigenvalue weighted by Gasteiger charge is -2.45. The van der Waals surface area contributed by atoms with Crippen molar-refractivity contribution in [2.75, 3.05) is 13.2 Å². The first-order chi connectivity index (χ1) is 14.3. The lowest BCUT2D eigenvalue weighted by molar-refractivity contribution is -0.151. The van der Waals surface area contributed by atoms with Crippen molar-refractivity contribution in [2.24, 2.45) is 23.7 Å². The molecule has 3 rings (SSSR count). The number of aliphatic hydroxyl groups excluding tert-OH is 1. The summed E-state index contributed by atoms with van der Waals surface area (Å²) in [4.78, 5) is 43.5. The highest BCUT2D eigenvalue weighted by atomic mass is 32.2. The monoisotopic (exact) mass is 452 g/mol. The van der Waals surface area contributed by atoms with Crippen LogP contribution in [-0.2, 0) is 14.4 Å². The van der Waals surface area contributed by atoms with Gasteiger partial charge in [-0.05, 0) is 39.0 Å². The van der Waals surface area contributed by atoms with Gasteiger partial charge in [0.2, 0.25) is 11.8 Å². The standard InChI is InChI=1S/C23H36N2O5S/c1-8-9-24(22(5,6)7)20(28)18-23-13(4)10-15(31-23)16(21(29)30)17(23)19(27)25(18)14(11-26)12(2)3/h8,12-18,26H,1,9-11H2,2-7H3,(H,29,30)/t13?,14-,15-,16+,17-,18?,23?/m0/s1. The zero-order chi connectivity index (χ0) is 23.5. The van der Waals surface area contributed by atoms with E-state index in [-0.39, 0.29) is 35.5 Å². The van der Waals surface area contributed by atoms with Gasteiger partial charge in [-0.15, -0.1) is 18.3 Å². The number of aliphatic carboxylic acids is 1. The molecule has 7 nitrogen and oxygen atoms in total. The number of carboxylic acids is 1. The number of carbonyl (C=O) groups is 3. The maximum absolute atomic E-state index is 14.2. The number of carboxylic acid groups (broad SMARTS) is 1. The van der Waals surface area contributed by atoms with Gasteiger partial charge in [-0.3, -0.25) is 14.4 Å². The summed E-state index contributed by atoms with van der Waals surface area (Å²) in [5.74, 6) is -3.08. The first-order valence-electron chi connectivity index (χ1n) is 11.1. The van der Waals surface area contributed by atoms with Gasteiger partial charge in [-0.25, -0.2) is 0 Å². The summed E-state index contributed by atoms with van der Waals surface area (Å²) in [7, 11) is 0. The van der Waals surface area contributed by atoms with Gasteiger partial charge in [0.25, 0.3) is 0 Å². The first-order valence-corrected chi connectivity index (χ1v) is 12.0. The third kappa shape index (κ3) is 3.41. The number of hydrogen-bond donors (Lipinski definition) is 2. The Morgan fingerprint density at radius 2 is 2.00 bits per heavy atom. The Kier molecular flexibility index (Phi) is 6.30. The van der Waals surface area contributed by atoms with Crippen LogP contribution in [0.4, 0.5) is 0 Å². The van der Waals surface area contributed by atoms with E-state index in [2.05, 4.69) is 6.58 Å². The minimum atomic E-state index is -0.971. The molecule has 8 heteroatoms. The molecule has 0 aliphatic carbocycles. The van der Waals surface area contributed by atoms with Crippen molar-refractivity contribution in [3.63, 3.8) is 0 Å². The molecule has 0 aromatic carbocycles. The third-order valence-electron chi connectivity index (χ3n) is 7.40. The van der Waals surface area contributed by atoms with Gasteiger partial charge >= 0.3 is 5.97 Å². The van der Waals surface area contributed by atoms with Gasteiger partial charge in [-0.2, -0.15) is 0 Å². The van der Waals surface area contributed by atoms with Crippen LogP contribution in [0, 0.1) is 23.7 Å². The van der Waals surface area contributed by atoms with Crippen LogP contribution in [0.15, 0.2) is 12.7 Å². The van der Waals surface area contributed by atoms with E-state index in [0.717, 1.165) is 0 Å². The SMILES string of the molecule is C=CCN(C(=O)C1N([C@@H](CO)C(C)C)C(=O)[C@@H]2[C@H](C(=O)O)[C@@H]3CC(C)C12S3)C(C)(C)C. The van der Waals surface area contributed by atoms with Crippen LogP contribution in [0.25, 0.3) is 0 Å². The van der Waals surface area contributed by atoms with E-state index < -0.39 is 40.2 Å². The Hall–Kier alpha value is -1.54. The highest BCUT2D eigenvalue weighted by Crippen LogP contribution is 2.69. The summed E-state index contributed by atoms with van der Waals surface area (Å²) < 4.78 is -0.797. The Labute approximate surface area is 189 Å². The number of carbonyl (C=O) groups excluding carboxylic acids is 2. The van der Waals surface area contributed by atoms with Gasteiger partial charge in [0.1, 0.15) is 6.04 Å². The average Bonchev–Trinajstić information content (AvgIpc) is 3.23. The molecule has 2 amide bonds. The van der Waals surface area contributed by atoms with Gasteiger partial charge in [0.05, 0.1) is 29.2 Å². The van der Waals surface area contributed by atoms with Gasteiger partial charge in [-0.1, -0.05) is 26.8 Å². The Bertz CT molecular complexity index is 778. The number of rotatable bonds is 7. The molecule has 3 aliphatic heterocycles. The fourth-order valence-electron chi connectivity index (χ4n) is 5.97. The van der Waals surface area contributed by atoms with Crippen molar-refractivity contribution in [3.8, 4) is 0 Å². The van der Waals surface area contributed by atoms with E-state index >= 15 is 0 Å². The van der Waals surface area contributed by atoms with Crippen LogP contribution in [0.1, 0.15) is 48.0 Å². The zero-order valence-corrected chi connectivity index (χ0v) is 20.2. The summed E-state index contributed by atoms with van der Waals surface area (Å²) in [6.07, 6.45) is 2.35. The molecule has 1 spiro atoms. The second-order valence-electron chi connectivity index (χ2n) is 10.5. The van der Waals surface area contributed by atoms with E-state index in [0.29, 0.717) is 13.0 Å². The number of thioether (sulfide) groups is 1. The average molecular weight is 453 g/mol.